The standard InChI is InChI=1S/C22H38O4/c1-4-7-20(8-5-2)21-9-11-22(12-10-21)26-19-18-25-17-16-24-15-14-23-13-6-3/h9-12,20H,4-8,13-19H2,1-3H3. The number of benzene rings is 1. The first kappa shape index (κ1) is 22.9. The summed E-state index contributed by atoms with van der Waals surface area (Å²) in [5.41, 5.74) is 1.43. The molecule has 1 rings (SSSR count). The first-order valence-electron chi connectivity index (χ1n) is 10.3. The van der Waals surface area contributed by atoms with Crippen LogP contribution in [0, 0.1) is 0 Å². The second kappa shape index (κ2) is 16.1. The molecule has 0 heterocycles. The maximum absolute atomic E-state index is 5.75. The quantitative estimate of drug-likeness (QED) is 0.355. The van der Waals surface area contributed by atoms with Crippen molar-refractivity contribution in [3.05, 3.63) is 29.8 Å². The Bertz CT molecular complexity index is 413. The zero-order chi connectivity index (χ0) is 18.9. The number of hydrogen-bond donors (Lipinski definition) is 0. The van der Waals surface area contributed by atoms with E-state index in [2.05, 4.69) is 45.0 Å². The van der Waals surface area contributed by atoms with Crippen molar-refractivity contribution in [2.75, 3.05) is 46.2 Å². The molecule has 0 aromatic heterocycles. The minimum Gasteiger partial charge on any atom is -0.491 e. The molecule has 0 aliphatic carbocycles. The topological polar surface area (TPSA) is 36.9 Å². The van der Waals surface area contributed by atoms with Gasteiger partial charge in [-0.2, -0.15) is 0 Å². The lowest BCUT2D eigenvalue weighted by Crippen LogP contribution is -2.12. The van der Waals surface area contributed by atoms with E-state index in [-0.39, 0.29) is 0 Å². The molecule has 1 aromatic rings. The van der Waals surface area contributed by atoms with Gasteiger partial charge >= 0.3 is 0 Å². The molecule has 0 amide bonds. The van der Waals surface area contributed by atoms with Crippen LogP contribution in [0.5, 0.6) is 5.75 Å². The third-order valence-corrected chi connectivity index (χ3v) is 4.21. The maximum atomic E-state index is 5.75. The van der Waals surface area contributed by atoms with Crippen LogP contribution in [-0.4, -0.2) is 46.2 Å². The Hall–Kier alpha value is -1.10. The molecule has 0 unspecified atom stereocenters. The lowest BCUT2D eigenvalue weighted by atomic mass is 9.90. The van der Waals surface area contributed by atoms with Gasteiger partial charge in [-0.05, 0) is 42.9 Å². The van der Waals surface area contributed by atoms with Crippen molar-refractivity contribution in [1.29, 1.82) is 0 Å². The average molecular weight is 367 g/mol. The van der Waals surface area contributed by atoms with Gasteiger partial charge in [0.25, 0.3) is 0 Å². The van der Waals surface area contributed by atoms with E-state index >= 15 is 0 Å². The van der Waals surface area contributed by atoms with Crippen molar-refractivity contribution in [2.24, 2.45) is 0 Å². The summed E-state index contributed by atoms with van der Waals surface area (Å²) in [5.74, 6) is 1.59. The highest BCUT2D eigenvalue weighted by Crippen LogP contribution is 2.27. The minimum atomic E-state index is 0.562. The molecule has 0 saturated carbocycles. The van der Waals surface area contributed by atoms with E-state index in [1.54, 1.807) is 0 Å². The second-order valence-electron chi connectivity index (χ2n) is 6.53. The van der Waals surface area contributed by atoms with Gasteiger partial charge in [-0.15, -0.1) is 0 Å². The maximum Gasteiger partial charge on any atom is 0.119 e. The molecule has 0 atom stereocenters. The normalized spacial score (nSPS) is 11.2. The van der Waals surface area contributed by atoms with Crippen LogP contribution in [0.15, 0.2) is 24.3 Å². The van der Waals surface area contributed by atoms with Gasteiger partial charge in [-0.1, -0.05) is 45.7 Å². The monoisotopic (exact) mass is 366 g/mol. The summed E-state index contributed by atoms with van der Waals surface area (Å²) in [5, 5.41) is 0. The Morgan fingerprint density at radius 1 is 0.615 bits per heavy atom. The van der Waals surface area contributed by atoms with Gasteiger partial charge in [0.2, 0.25) is 0 Å². The number of ether oxygens (including phenoxy) is 4. The van der Waals surface area contributed by atoms with E-state index in [4.69, 9.17) is 18.9 Å². The van der Waals surface area contributed by atoms with Crippen molar-refractivity contribution in [3.8, 4) is 5.75 Å². The molecule has 0 radical (unpaired) electrons. The Morgan fingerprint density at radius 3 is 1.62 bits per heavy atom. The Morgan fingerprint density at radius 2 is 1.12 bits per heavy atom. The highest BCUT2D eigenvalue weighted by Gasteiger charge is 2.09. The molecular formula is C22H38O4. The molecule has 0 bridgehead atoms. The van der Waals surface area contributed by atoms with Crippen LogP contribution in [0.4, 0.5) is 0 Å². The molecule has 0 N–H and O–H groups in total. The van der Waals surface area contributed by atoms with Gasteiger partial charge in [-0.25, -0.2) is 0 Å². The van der Waals surface area contributed by atoms with Crippen molar-refractivity contribution in [1.82, 2.24) is 0 Å². The summed E-state index contributed by atoms with van der Waals surface area (Å²) in [4.78, 5) is 0. The van der Waals surface area contributed by atoms with Crippen molar-refractivity contribution >= 4 is 0 Å². The van der Waals surface area contributed by atoms with Crippen LogP contribution in [0.1, 0.15) is 64.4 Å². The number of rotatable bonds is 17. The predicted octanol–water partition coefficient (Wildman–Crippen LogP) is 5.21. The van der Waals surface area contributed by atoms with Gasteiger partial charge in [0.15, 0.2) is 0 Å². The Labute approximate surface area is 160 Å². The smallest absolute Gasteiger partial charge is 0.119 e. The molecular weight excluding hydrogens is 328 g/mol. The molecule has 0 fully saturated rings. The molecule has 150 valence electrons. The molecule has 0 aliphatic rings. The summed E-state index contributed by atoms with van der Waals surface area (Å²) in [6.07, 6.45) is 6.03. The van der Waals surface area contributed by atoms with Crippen molar-refractivity contribution in [2.45, 2.75) is 58.8 Å². The highest BCUT2D eigenvalue weighted by molar-refractivity contribution is 5.29. The molecule has 1 aromatic carbocycles. The zero-order valence-corrected chi connectivity index (χ0v) is 17.0. The lowest BCUT2D eigenvalue weighted by Gasteiger charge is -2.16. The van der Waals surface area contributed by atoms with E-state index in [0.717, 1.165) is 18.8 Å². The summed E-state index contributed by atoms with van der Waals surface area (Å²) in [7, 11) is 0. The molecule has 4 heteroatoms. The highest BCUT2D eigenvalue weighted by atomic mass is 16.6. The van der Waals surface area contributed by atoms with Crippen LogP contribution in [0.3, 0.4) is 0 Å². The van der Waals surface area contributed by atoms with Crippen molar-refractivity contribution < 1.29 is 18.9 Å². The Balaban J connectivity index is 2.09. The molecule has 0 saturated heterocycles. The van der Waals surface area contributed by atoms with Gasteiger partial charge in [-0.3, -0.25) is 0 Å². The third kappa shape index (κ3) is 10.8. The summed E-state index contributed by atoms with van der Waals surface area (Å²) >= 11 is 0. The first-order chi connectivity index (χ1) is 12.8. The summed E-state index contributed by atoms with van der Waals surface area (Å²) in [6.45, 7) is 11.0. The van der Waals surface area contributed by atoms with E-state index in [9.17, 15) is 0 Å². The van der Waals surface area contributed by atoms with E-state index in [0.29, 0.717) is 45.6 Å². The summed E-state index contributed by atoms with van der Waals surface area (Å²) < 4.78 is 22.0. The fraction of sp³-hybridized carbons (Fsp3) is 0.727. The van der Waals surface area contributed by atoms with Crippen LogP contribution in [0.2, 0.25) is 0 Å². The number of hydrogen-bond acceptors (Lipinski definition) is 4. The fourth-order valence-electron chi connectivity index (χ4n) is 2.92. The molecule has 0 aliphatic heterocycles. The second-order valence-corrected chi connectivity index (χ2v) is 6.53. The van der Waals surface area contributed by atoms with Crippen LogP contribution < -0.4 is 4.74 Å². The summed E-state index contributed by atoms with van der Waals surface area (Å²) in [6, 6.07) is 8.57. The third-order valence-electron chi connectivity index (χ3n) is 4.21. The van der Waals surface area contributed by atoms with Crippen LogP contribution >= 0.6 is 0 Å². The average Bonchev–Trinajstić information content (AvgIpc) is 2.66. The van der Waals surface area contributed by atoms with Crippen LogP contribution in [0.25, 0.3) is 0 Å². The Kier molecular flexibility index (Phi) is 14.2. The zero-order valence-electron chi connectivity index (χ0n) is 17.0. The van der Waals surface area contributed by atoms with E-state index < -0.39 is 0 Å². The van der Waals surface area contributed by atoms with Gasteiger partial charge < -0.3 is 18.9 Å². The predicted molar refractivity (Wildman–Crippen MR) is 107 cm³/mol. The van der Waals surface area contributed by atoms with Crippen molar-refractivity contribution in [3.63, 3.8) is 0 Å². The first-order valence-corrected chi connectivity index (χ1v) is 10.3. The lowest BCUT2D eigenvalue weighted by molar-refractivity contribution is 0.00945. The molecule has 4 nitrogen and oxygen atoms in total. The van der Waals surface area contributed by atoms with E-state index in [1.807, 2.05) is 0 Å². The minimum absolute atomic E-state index is 0.562. The van der Waals surface area contributed by atoms with Crippen LogP contribution in [-0.2, 0) is 14.2 Å². The van der Waals surface area contributed by atoms with Gasteiger partial charge in [0.1, 0.15) is 12.4 Å². The van der Waals surface area contributed by atoms with E-state index in [1.165, 1.54) is 31.2 Å². The fourth-order valence-corrected chi connectivity index (χ4v) is 2.92. The van der Waals surface area contributed by atoms with Gasteiger partial charge in [0, 0.05) is 6.61 Å². The SMILES string of the molecule is CCCOCCOCCOCCOc1ccc(C(CCC)CCC)cc1. The molecule has 26 heavy (non-hydrogen) atoms. The largest absolute Gasteiger partial charge is 0.491 e. The van der Waals surface area contributed by atoms with Gasteiger partial charge in [0.05, 0.1) is 33.0 Å². The molecule has 0 spiro atoms.